The van der Waals surface area contributed by atoms with Gasteiger partial charge in [-0.2, -0.15) is 10.2 Å². The molecule has 6 nitrogen and oxygen atoms in total. The van der Waals surface area contributed by atoms with Crippen molar-refractivity contribution in [1.29, 1.82) is 0 Å². The Morgan fingerprint density at radius 2 is 2.07 bits per heavy atom. The highest BCUT2D eigenvalue weighted by Crippen LogP contribution is 2.34. The molecule has 1 fully saturated rings. The highest BCUT2D eigenvalue weighted by Gasteiger charge is 2.29. The monoisotopic (exact) mass is 409 g/mol. The molecular weight excluding hydrogens is 386 g/mol. The van der Waals surface area contributed by atoms with Crippen LogP contribution in [0.4, 0.5) is 5.69 Å². The lowest BCUT2D eigenvalue weighted by atomic mass is 9.84. The number of H-pyrrole nitrogens is 1. The Hall–Kier alpha value is -2.60. The number of azo groups is 1. The first kappa shape index (κ1) is 18.4. The van der Waals surface area contributed by atoms with Gasteiger partial charge in [-0.25, -0.2) is 4.98 Å². The van der Waals surface area contributed by atoms with E-state index in [2.05, 4.69) is 32.1 Å². The van der Waals surface area contributed by atoms with E-state index >= 15 is 0 Å². The van der Waals surface area contributed by atoms with Crippen molar-refractivity contribution in [3.05, 3.63) is 51.8 Å². The summed E-state index contributed by atoms with van der Waals surface area (Å²) in [4.78, 5) is 10.1. The molecule has 29 heavy (non-hydrogen) atoms. The van der Waals surface area contributed by atoms with Crippen molar-refractivity contribution < 1.29 is 4.74 Å². The van der Waals surface area contributed by atoms with Gasteiger partial charge in [0.15, 0.2) is 0 Å². The lowest BCUT2D eigenvalue weighted by Gasteiger charge is -2.29. The Kier molecular flexibility index (Phi) is 4.87. The summed E-state index contributed by atoms with van der Waals surface area (Å²) in [7, 11) is 2.10. The van der Waals surface area contributed by atoms with E-state index < -0.39 is 0 Å². The maximum Gasteiger partial charge on any atom is 0.213 e. The third kappa shape index (κ3) is 3.57. The molecule has 150 valence electrons. The predicted molar refractivity (Wildman–Crippen MR) is 114 cm³/mol. The molecule has 0 bridgehead atoms. The molecule has 2 aliphatic heterocycles. The quantitative estimate of drug-likeness (QED) is 0.844. The highest BCUT2D eigenvalue weighted by atomic mass is 35.5. The number of nitrogens with zero attached hydrogens (tertiary/aromatic N) is 4. The number of ether oxygens (including phenoxy) is 1. The van der Waals surface area contributed by atoms with Gasteiger partial charge in [0.05, 0.1) is 28.6 Å². The van der Waals surface area contributed by atoms with Gasteiger partial charge in [-0.1, -0.05) is 17.7 Å². The molecule has 0 saturated heterocycles. The molecule has 0 radical (unpaired) electrons. The van der Waals surface area contributed by atoms with Crippen LogP contribution >= 0.6 is 11.6 Å². The highest BCUT2D eigenvalue weighted by molar-refractivity contribution is 6.34. The van der Waals surface area contributed by atoms with Gasteiger partial charge in [0.2, 0.25) is 5.88 Å². The number of hydrogen-bond donors (Lipinski definition) is 1. The van der Waals surface area contributed by atoms with E-state index in [1.807, 2.05) is 30.4 Å². The largest absolute Gasteiger partial charge is 0.474 e. The van der Waals surface area contributed by atoms with Gasteiger partial charge < -0.3 is 14.6 Å². The van der Waals surface area contributed by atoms with Crippen LogP contribution in [0.5, 0.6) is 5.88 Å². The molecule has 4 heterocycles. The van der Waals surface area contributed by atoms with E-state index in [4.69, 9.17) is 16.3 Å². The lowest BCUT2D eigenvalue weighted by molar-refractivity contribution is 0.136. The van der Waals surface area contributed by atoms with Crippen LogP contribution in [0.25, 0.3) is 11.8 Å². The van der Waals surface area contributed by atoms with E-state index in [0.717, 1.165) is 53.7 Å². The smallest absolute Gasteiger partial charge is 0.213 e. The third-order valence-corrected chi connectivity index (χ3v) is 6.24. The minimum atomic E-state index is 0.213. The number of pyridine rings is 1. The summed E-state index contributed by atoms with van der Waals surface area (Å²) in [5, 5.41) is 12.0. The normalized spacial score (nSPS) is 23.6. The Morgan fingerprint density at radius 3 is 2.86 bits per heavy atom. The van der Waals surface area contributed by atoms with Crippen LogP contribution in [-0.2, 0) is 6.54 Å². The van der Waals surface area contributed by atoms with E-state index in [9.17, 15) is 0 Å². The summed E-state index contributed by atoms with van der Waals surface area (Å²) >= 11 is 6.33. The summed E-state index contributed by atoms with van der Waals surface area (Å²) in [6, 6.07) is 5.78. The fourth-order valence-electron chi connectivity index (χ4n) is 4.54. The van der Waals surface area contributed by atoms with Gasteiger partial charge in [-0.3, -0.25) is 0 Å². The number of fused-ring (bicyclic) bond motifs is 3. The van der Waals surface area contributed by atoms with E-state index in [0.29, 0.717) is 18.3 Å². The molecule has 5 rings (SSSR count). The number of aromatic nitrogens is 2. The number of hydrogen-bond acceptors (Lipinski definition) is 5. The Balaban J connectivity index is 1.42. The second-order valence-electron chi connectivity index (χ2n) is 7.90. The second kappa shape index (κ2) is 7.67. The second-order valence-corrected chi connectivity index (χ2v) is 8.34. The van der Waals surface area contributed by atoms with Gasteiger partial charge in [0, 0.05) is 42.4 Å². The number of halogens is 1. The molecule has 0 aromatic carbocycles. The van der Waals surface area contributed by atoms with Gasteiger partial charge >= 0.3 is 0 Å². The van der Waals surface area contributed by atoms with E-state index in [1.165, 1.54) is 11.3 Å². The minimum Gasteiger partial charge on any atom is -0.474 e. The van der Waals surface area contributed by atoms with Crippen LogP contribution in [-0.4, -0.2) is 29.7 Å². The molecular formula is C22H24ClN5O. The zero-order valence-corrected chi connectivity index (χ0v) is 17.2. The van der Waals surface area contributed by atoms with Crippen molar-refractivity contribution >= 4 is 29.1 Å². The fourth-order valence-corrected chi connectivity index (χ4v) is 4.71. The van der Waals surface area contributed by atoms with Crippen LogP contribution in [0, 0.1) is 5.92 Å². The number of likely N-dealkylation sites (N-methyl/N-ethyl adjacent to an activating group) is 1. The molecule has 0 unspecified atom stereocenters. The van der Waals surface area contributed by atoms with Crippen molar-refractivity contribution in [2.45, 2.75) is 38.3 Å². The van der Waals surface area contributed by atoms with Crippen molar-refractivity contribution in [3.8, 4) is 5.88 Å². The molecule has 3 aliphatic rings. The molecule has 1 saturated carbocycles. The van der Waals surface area contributed by atoms with E-state index in [1.54, 1.807) is 6.20 Å². The van der Waals surface area contributed by atoms with Crippen LogP contribution in [0.15, 0.2) is 45.7 Å². The van der Waals surface area contributed by atoms with Gasteiger partial charge in [-0.15, -0.1) is 0 Å². The summed E-state index contributed by atoms with van der Waals surface area (Å²) < 4.78 is 6.05. The standard InChI is InChI=1S/C22H24ClN5O/c1-28-11-9-15(23)12-18-22(28)17-13-25-27-20(21(17)26-18)14-5-7-16(8-6-14)29-19-4-2-3-10-24-19/h2-4,9-10,12,14,16,26H,5-8,11,13H2,1H3. The summed E-state index contributed by atoms with van der Waals surface area (Å²) in [5.74, 6) is 1.10. The molecule has 0 atom stereocenters. The summed E-state index contributed by atoms with van der Waals surface area (Å²) in [5.41, 5.74) is 3.50. The average Bonchev–Trinajstić information content (AvgIpc) is 3.04. The zero-order chi connectivity index (χ0) is 19.8. The van der Waals surface area contributed by atoms with Crippen LogP contribution < -0.4 is 20.3 Å². The summed E-state index contributed by atoms with van der Waals surface area (Å²) in [6.07, 6.45) is 10.1. The zero-order valence-electron chi connectivity index (χ0n) is 16.4. The van der Waals surface area contributed by atoms with Crippen molar-refractivity contribution in [2.75, 3.05) is 18.5 Å². The van der Waals surface area contributed by atoms with E-state index in [-0.39, 0.29) is 6.10 Å². The molecule has 0 amide bonds. The molecule has 2 aromatic rings. The summed E-state index contributed by atoms with van der Waals surface area (Å²) in [6.45, 7) is 1.40. The van der Waals surface area contributed by atoms with Crippen LogP contribution in [0.3, 0.4) is 0 Å². The fraction of sp³-hybridized carbons (Fsp3) is 0.409. The lowest BCUT2D eigenvalue weighted by Crippen LogP contribution is -2.28. The number of allylic oxidation sites excluding steroid dienone is 1. The first-order chi connectivity index (χ1) is 14.2. The first-order valence-electron chi connectivity index (χ1n) is 10.2. The number of nitrogens with one attached hydrogen (secondary N) is 1. The molecule has 7 heteroatoms. The van der Waals surface area contributed by atoms with Gasteiger partial charge in [-0.05, 0) is 43.9 Å². The number of rotatable bonds is 3. The number of aromatic amines is 1. The topological polar surface area (TPSA) is 65.9 Å². The molecule has 2 aromatic heterocycles. The number of anilines is 1. The Morgan fingerprint density at radius 1 is 1.21 bits per heavy atom. The molecule has 1 N–H and O–H groups in total. The first-order valence-corrected chi connectivity index (χ1v) is 10.6. The van der Waals surface area contributed by atoms with Crippen molar-refractivity contribution in [2.24, 2.45) is 16.1 Å². The molecule has 0 spiro atoms. The third-order valence-electron chi connectivity index (χ3n) is 5.98. The van der Waals surface area contributed by atoms with Crippen molar-refractivity contribution in [1.82, 2.24) is 9.97 Å². The van der Waals surface area contributed by atoms with Crippen LogP contribution in [0.1, 0.15) is 31.2 Å². The SMILES string of the molecule is CN1CC=C(Cl)C=c2[nH]c3c(c21)CN=NC=3C1CCC(Oc2ccccn2)CC1. The maximum atomic E-state index is 6.33. The van der Waals surface area contributed by atoms with Crippen LogP contribution in [0.2, 0.25) is 0 Å². The van der Waals surface area contributed by atoms with Crippen molar-refractivity contribution in [3.63, 3.8) is 0 Å². The minimum absolute atomic E-state index is 0.213. The maximum absolute atomic E-state index is 6.33. The van der Waals surface area contributed by atoms with Gasteiger partial charge in [0.25, 0.3) is 0 Å². The Labute approximate surface area is 174 Å². The van der Waals surface area contributed by atoms with Gasteiger partial charge in [0.1, 0.15) is 6.10 Å². The Bertz CT molecular complexity index is 1080. The molecule has 1 aliphatic carbocycles. The predicted octanol–water partition coefficient (Wildman–Crippen LogP) is 3.47. The average molecular weight is 410 g/mol.